The first-order valence-corrected chi connectivity index (χ1v) is 13.3. The van der Waals surface area contributed by atoms with E-state index < -0.39 is 0 Å². The Labute approximate surface area is 234 Å². The molecule has 0 bridgehead atoms. The molecule has 206 valence electrons. The van der Waals surface area contributed by atoms with Gasteiger partial charge in [0.25, 0.3) is 11.8 Å². The summed E-state index contributed by atoms with van der Waals surface area (Å²) in [5, 5.41) is 17.8. The van der Waals surface area contributed by atoms with Crippen molar-refractivity contribution in [2.75, 3.05) is 23.8 Å². The molecule has 1 aromatic heterocycles. The molecular formula is C32H35N5O3. The molecule has 4 aromatic rings. The fourth-order valence-corrected chi connectivity index (χ4v) is 4.15. The van der Waals surface area contributed by atoms with Crippen molar-refractivity contribution >= 4 is 29.1 Å². The molecule has 4 rings (SSSR count). The van der Waals surface area contributed by atoms with Crippen molar-refractivity contribution in [3.8, 4) is 11.3 Å². The maximum atomic E-state index is 13.0. The molecule has 0 saturated carbocycles. The molecule has 0 fully saturated rings. The molecule has 0 aliphatic rings. The molecule has 8 nitrogen and oxygen atoms in total. The SMILES string of the molecule is Cc1c(NC(=O)c2ccc(C(C)(C)C)cc2)cccc1-c1ccnc(Nc2ccc(C(=O)NCCCO)cc2)n1. The maximum absolute atomic E-state index is 13.0. The van der Waals surface area contributed by atoms with Crippen LogP contribution in [0.3, 0.4) is 0 Å². The summed E-state index contributed by atoms with van der Waals surface area (Å²) in [7, 11) is 0. The topological polar surface area (TPSA) is 116 Å². The Morgan fingerprint density at radius 2 is 1.55 bits per heavy atom. The van der Waals surface area contributed by atoms with Crippen LogP contribution < -0.4 is 16.0 Å². The average molecular weight is 538 g/mol. The quantitative estimate of drug-likeness (QED) is 0.199. The number of hydrogen-bond acceptors (Lipinski definition) is 6. The van der Waals surface area contributed by atoms with Gasteiger partial charge in [-0.3, -0.25) is 9.59 Å². The number of amides is 2. The van der Waals surface area contributed by atoms with Crippen molar-refractivity contribution in [2.45, 2.75) is 39.5 Å². The second kappa shape index (κ2) is 12.5. The first-order chi connectivity index (χ1) is 19.2. The average Bonchev–Trinajstić information content (AvgIpc) is 2.94. The van der Waals surface area contributed by atoms with Gasteiger partial charge in [-0.1, -0.05) is 45.0 Å². The molecule has 0 aliphatic heterocycles. The van der Waals surface area contributed by atoms with Gasteiger partial charge < -0.3 is 21.1 Å². The largest absolute Gasteiger partial charge is 0.396 e. The number of nitrogens with one attached hydrogen (secondary N) is 3. The number of hydrogen-bond donors (Lipinski definition) is 4. The molecule has 2 amide bonds. The van der Waals surface area contributed by atoms with Gasteiger partial charge in [0.15, 0.2) is 0 Å². The first-order valence-electron chi connectivity index (χ1n) is 13.3. The monoisotopic (exact) mass is 537 g/mol. The number of carbonyl (C=O) groups excluding carboxylic acids is 2. The minimum absolute atomic E-state index is 0.0199. The van der Waals surface area contributed by atoms with Crippen LogP contribution in [0, 0.1) is 6.92 Å². The fourth-order valence-electron chi connectivity index (χ4n) is 4.15. The minimum Gasteiger partial charge on any atom is -0.396 e. The van der Waals surface area contributed by atoms with Crippen molar-refractivity contribution in [2.24, 2.45) is 0 Å². The summed E-state index contributed by atoms with van der Waals surface area (Å²) in [5.74, 6) is 0.0457. The Balaban J connectivity index is 1.47. The van der Waals surface area contributed by atoms with Gasteiger partial charge in [0.2, 0.25) is 5.95 Å². The highest BCUT2D eigenvalue weighted by Crippen LogP contribution is 2.29. The predicted molar refractivity (Wildman–Crippen MR) is 159 cm³/mol. The Kier molecular flexibility index (Phi) is 8.91. The van der Waals surface area contributed by atoms with Gasteiger partial charge in [0, 0.05) is 47.4 Å². The number of benzene rings is 3. The lowest BCUT2D eigenvalue weighted by Crippen LogP contribution is -2.24. The van der Waals surface area contributed by atoms with E-state index in [-0.39, 0.29) is 23.8 Å². The van der Waals surface area contributed by atoms with Crippen LogP contribution in [0.4, 0.5) is 17.3 Å². The number of anilines is 3. The molecule has 4 N–H and O–H groups in total. The molecule has 0 atom stereocenters. The van der Waals surface area contributed by atoms with E-state index in [0.29, 0.717) is 41.4 Å². The van der Waals surface area contributed by atoms with Crippen molar-refractivity contribution in [3.63, 3.8) is 0 Å². The summed E-state index contributed by atoms with van der Waals surface area (Å²) in [5.41, 5.74) is 6.24. The Morgan fingerprint density at radius 1 is 0.875 bits per heavy atom. The summed E-state index contributed by atoms with van der Waals surface area (Å²) in [4.78, 5) is 34.2. The summed E-state index contributed by atoms with van der Waals surface area (Å²) in [6, 6.07) is 22.2. The molecule has 3 aromatic carbocycles. The third kappa shape index (κ3) is 7.09. The van der Waals surface area contributed by atoms with E-state index in [0.717, 1.165) is 16.8 Å². The molecule has 8 heteroatoms. The zero-order chi connectivity index (χ0) is 28.7. The van der Waals surface area contributed by atoms with E-state index in [1.165, 1.54) is 5.56 Å². The molecule has 0 unspecified atom stereocenters. The molecule has 0 aliphatic carbocycles. The van der Waals surface area contributed by atoms with Crippen LogP contribution in [0.5, 0.6) is 0 Å². The van der Waals surface area contributed by atoms with Gasteiger partial charge in [-0.2, -0.15) is 0 Å². The molecular weight excluding hydrogens is 502 g/mol. The highest BCUT2D eigenvalue weighted by Gasteiger charge is 2.16. The maximum Gasteiger partial charge on any atom is 0.255 e. The predicted octanol–water partition coefficient (Wildman–Crippen LogP) is 5.86. The standard InChI is InChI=1S/C32H35N5O3/c1-21-26(7-5-8-27(21)36-30(40)23-9-13-24(14-10-23)32(2,3)4)28-17-19-34-31(37-28)35-25-15-11-22(12-16-25)29(39)33-18-6-20-38/h5,7-17,19,38H,6,18,20H2,1-4H3,(H,33,39)(H,36,40)(H,34,35,37). The van der Waals surface area contributed by atoms with Crippen LogP contribution >= 0.6 is 0 Å². The lowest BCUT2D eigenvalue weighted by atomic mass is 9.86. The minimum atomic E-state index is -0.192. The lowest BCUT2D eigenvalue weighted by Gasteiger charge is -2.19. The van der Waals surface area contributed by atoms with Gasteiger partial charge in [-0.15, -0.1) is 0 Å². The number of nitrogens with zero attached hydrogens (tertiary/aromatic N) is 2. The van der Waals surface area contributed by atoms with Crippen molar-refractivity contribution in [1.29, 1.82) is 0 Å². The van der Waals surface area contributed by atoms with E-state index >= 15 is 0 Å². The third-order valence-corrected chi connectivity index (χ3v) is 6.55. The smallest absolute Gasteiger partial charge is 0.255 e. The van der Waals surface area contributed by atoms with Crippen LogP contribution in [0.1, 0.15) is 59.0 Å². The van der Waals surface area contributed by atoms with Crippen LogP contribution in [-0.2, 0) is 5.41 Å². The normalized spacial score (nSPS) is 11.1. The molecule has 0 radical (unpaired) electrons. The van der Waals surface area contributed by atoms with Crippen LogP contribution in [0.25, 0.3) is 11.3 Å². The van der Waals surface area contributed by atoms with Gasteiger partial charge in [0.05, 0.1) is 5.69 Å². The summed E-state index contributed by atoms with van der Waals surface area (Å²) in [6.07, 6.45) is 2.19. The van der Waals surface area contributed by atoms with Crippen molar-refractivity contribution in [1.82, 2.24) is 15.3 Å². The number of rotatable bonds is 9. The zero-order valence-corrected chi connectivity index (χ0v) is 23.3. The van der Waals surface area contributed by atoms with Gasteiger partial charge in [-0.05, 0) is 78.4 Å². The van der Waals surface area contributed by atoms with Crippen LogP contribution in [0.15, 0.2) is 79.0 Å². The van der Waals surface area contributed by atoms with E-state index in [2.05, 4.69) is 46.7 Å². The third-order valence-electron chi connectivity index (χ3n) is 6.55. The van der Waals surface area contributed by atoms with Crippen molar-refractivity contribution < 1.29 is 14.7 Å². The van der Waals surface area contributed by atoms with Gasteiger partial charge >= 0.3 is 0 Å². The number of aromatic nitrogens is 2. The summed E-state index contributed by atoms with van der Waals surface area (Å²) in [6.45, 7) is 8.84. The number of aliphatic hydroxyl groups is 1. The number of aliphatic hydroxyl groups excluding tert-OH is 1. The number of carbonyl (C=O) groups is 2. The molecule has 40 heavy (non-hydrogen) atoms. The highest BCUT2D eigenvalue weighted by molar-refractivity contribution is 6.05. The second-order valence-corrected chi connectivity index (χ2v) is 10.6. The van der Waals surface area contributed by atoms with Gasteiger partial charge in [0.1, 0.15) is 0 Å². The van der Waals surface area contributed by atoms with Gasteiger partial charge in [-0.25, -0.2) is 9.97 Å². The van der Waals surface area contributed by atoms with Crippen LogP contribution in [0.2, 0.25) is 0 Å². The van der Waals surface area contributed by atoms with E-state index in [1.807, 2.05) is 55.5 Å². The zero-order valence-electron chi connectivity index (χ0n) is 23.3. The molecule has 1 heterocycles. The molecule has 0 saturated heterocycles. The van der Waals surface area contributed by atoms with E-state index in [4.69, 9.17) is 5.11 Å². The second-order valence-electron chi connectivity index (χ2n) is 10.6. The lowest BCUT2D eigenvalue weighted by molar-refractivity contribution is 0.0950. The van der Waals surface area contributed by atoms with E-state index in [9.17, 15) is 9.59 Å². The Morgan fingerprint density at radius 3 is 2.23 bits per heavy atom. The Bertz CT molecular complexity index is 1480. The first kappa shape index (κ1) is 28.4. The molecule has 0 spiro atoms. The van der Waals surface area contributed by atoms with Crippen LogP contribution in [-0.4, -0.2) is 40.0 Å². The fraction of sp³-hybridized carbons (Fsp3) is 0.250. The van der Waals surface area contributed by atoms with Crippen molar-refractivity contribution in [3.05, 3.63) is 101 Å². The summed E-state index contributed by atoms with van der Waals surface area (Å²) < 4.78 is 0. The highest BCUT2D eigenvalue weighted by atomic mass is 16.3. The van der Waals surface area contributed by atoms with E-state index in [1.54, 1.807) is 30.5 Å². The summed E-state index contributed by atoms with van der Waals surface area (Å²) >= 11 is 0. The Hall–Kier alpha value is -4.56.